The molecule has 0 unspecified atom stereocenters. The number of ether oxygens (including phenoxy) is 1. The molecule has 0 fully saturated rings. The van der Waals surface area contributed by atoms with E-state index in [1.165, 1.54) is 6.92 Å². The lowest BCUT2D eigenvalue weighted by atomic mass is 10.5. The van der Waals surface area contributed by atoms with Crippen LogP contribution in [-0.2, 0) is 14.3 Å². The van der Waals surface area contributed by atoms with Crippen LogP contribution in [0, 0.1) is 0 Å². The minimum atomic E-state index is -1.27. The van der Waals surface area contributed by atoms with Crippen molar-refractivity contribution in [3.05, 3.63) is 0 Å². The second-order valence-electron chi connectivity index (χ2n) is 2.45. The van der Waals surface area contributed by atoms with E-state index < -0.39 is 12.0 Å². The summed E-state index contributed by atoms with van der Waals surface area (Å²) in [5, 5.41) is 12.3. The minimum absolute atomic E-state index is 0.0767. The zero-order valence-electron chi connectivity index (χ0n) is 9.70. The molecule has 0 aromatic heterocycles. The van der Waals surface area contributed by atoms with Crippen molar-refractivity contribution < 1.29 is 24.2 Å². The Labute approximate surface area is 94.2 Å². The van der Waals surface area contributed by atoms with Gasteiger partial charge >= 0.3 is 6.09 Å². The van der Waals surface area contributed by atoms with E-state index >= 15 is 0 Å². The van der Waals surface area contributed by atoms with Gasteiger partial charge in [0.2, 0.25) is 5.91 Å². The van der Waals surface area contributed by atoms with E-state index in [9.17, 15) is 14.4 Å². The number of Topliss-reactive ketones (excluding diaryl/α,β-unsaturated/α-hetero) is 1. The second kappa shape index (κ2) is 11.4. The van der Waals surface area contributed by atoms with Crippen LogP contribution in [0.1, 0.15) is 20.8 Å². The van der Waals surface area contributed by atoms with Gasteiger partial charge in [0.15, 0.2) is 5.78 Å². The summed E-state index contributed by atoms with van der Waals surface area (Å²) < 4.78 is 4.72. The van der Waals surface area contributed by atoms with E-state index in [4.69, 9.17) is 9.84 Å². The molecule has 7 heteroatoms. The summed E-state index contributed by atoms with van der Waals surface area (Å²) in [6.45, 7) is 4.83. The first-order valence-electron chi connectivity index (χ1n) is 4.83. The van der Waals surface area contributed by atoms with Crippen molar-refractivity contribution in [3.63, 3.8) is 0 Å². The van der Waals surface area contributed by atoms with Gasteiger partial charge in [-0.3, -0.25) is 9.59 Å². The second-order valence-corrected chi connectivity index (χ2v) is 2.45. The number of carboxylic acid groups (broad SMARTS) is 1. The van der Waals surface area contributed by atoms with Gasteiger partial charge in [0, 0.05) is 0 Å². The Hall–Kier alpha value is -1.63. The Bertz CT molecular complexity index is 230. The van der Waals surface area contributed by atoms with Crippen LogP contribution >= 0.6 is 0 Å². The molecule has 3 N–H and O–H groups in total. The van der Waals surface area contributed by atoms with E-state index in [-0.39, 0.29) is 25.7 Å². The average Bonchev–Trinajstić information content (AvgIpc) is 2.24. The molecule has 0 saturated heterocycles. The zero-order chi connectivity index (χ0) is 13.0. The van der Waals surface area contributed by atoms with Crippen LogP contribution < -0.4 is 10.6 Å². The number of rotatable bonds is 6. The Balaban J connectivity index is 0. The van der Waals surface area contributed by atoms with Crippen LogP contribution in [0.4, 0.5) is 4.79 Å². The van der Waals surface area contributed by atoms with Crippen LogP contribution in [0.25, 0.3) is 0 Å². The molecule has 0 aliphatic rings. The molecule has 0 saturated carbocycles. The van der Waals surface area contributed by atoms with Gasteiger partial charge in [0.1, 0.15) is 19.9 Å². The lowest BCUT2D eigenvalue weighted by Gasteiger charge is -2.04. The molecule has 0 rings (SSSR count). The van der Waals surface area contributed by atoms with Gasteiger partial charge in [-0.05, 0) is 6.92 Å². The number of hydrogen-bond donors (Lipinski definition) is 3. The van der Waals surface area contributed by atoms with Gasteiger partial charge in [0.25, 0.3) is 0 Å². The van der Waals surface area contributed by atoms with Crippen LogP contribution in [0.2, 0.25) is 0 Å². The molecule has 0 aromatic rings. The topological polar surface area (TPSA) is 105 Å². The number of carbonyl (C=O) groups excluding carboxylic acids is 2. The van der Waals surface area contributed by atoms with Gasteiger partial charge in [-0.25, -0.2) is 4.79 Å². The van der Waals surface area contributed by atoms with Gasteiger partial charge in [0.05, 0.1) is 0 Å². The number of ketones is 1. The number of hydrogen-bond acceptors (Lipinski definition) is 4. The van der Waals surface area contributed by atoms with E-state index in [2.05, 4.69) is 5.32 Å². The third kappa shape index (κ3) is 14.9. The summed E-state index contributed by atoms with van der Waals surface area (Å²) in [4.78, 5) is 31.1. The van der Waals surface area contributed by atoms with Crippen molar-refractivity contribution in [2.75, 3.05) is 19.9 Å². The van der Waals surface area contributed by atoms with Gasteiger partial charge in [-0.1, -0.05) is 13.8 Å². The molecule has 0 bridgehead atoms. The fourth-order valence-corrected chi connectivity index (χ4v) is 0.545. The molecular weight excluding hydrogens is 216 g/mol. The lowest BCUT2D eigenvalue weighted by Crippen LogP contribution is -2.37. The third-order valence-corrected chi connectivity index (χ3v) is 1.08. The summed E-state index contributed by atoms with van der Waals surface area (Å²) in [7, 11) is 0. The number of nitrogens with one attached hydrogen (secondary N) is 2. The fourth-order valence-electron chi connectivity index (χ4n) is 0.545. The van der Waals surface area contributed by atoms with E-state index in [1.54, 1.807) is 0 Å². The maximum atomic E-state index is 10.8. The summed E-state index contributed by atoms with van der Waals surface area (Å²) in [5.74, 6) is -0.668. The van der Waals surface area contributed by atoms with E-state index in [0.717, 1.165) is 0 Å². The molecule has 0 aliphatic carbocycles. The summed E-state index contributed by atoms with van der Waals surface area (Å²) in [5.41, 5.74) is 0. The van der Waals surface area contributed by atoms with Crippen molar-refractivity contribution in [1.82, 2.24) is 10.6 Å². The lowest BCUT2D eigenvalue weighted by molar-refractivity contribution is -0.126. The predicted octanol–water partition coefficient (Wildman–Crippen LogP) is -0.0405. The van der Waals surface area contributed by atoms with Crippen molar-refractivity contribution >= 4 is 17.8 Å². The minimum Gasteiger partial charge on any atom is -0.465 e. The summed E-state index contributed by atoms with van der Waals surface area (Å²) in [6, 6.07) is 0. The van der Waals surface area contributed by atoms with Gasteiger partial charge < -0.3 is 20.5 Å². The molecule has 0 aromatic carbocycles. The van der Waals surface area contributed by atoms with Crippen LogP contribution in [0.5, 0.6) is 0 Å². The Morgan fingerprint density at radius 1 is 1.19 bits per heavy atom. The molecule has 16 heavy (non-hydrogen) atoms. The van der Waals surface area contributed by atoms with Crippen LogP contribution in [0.3, 0.4) is 0 Å². The van der Waals surface area contributed by atoms with Crippen LogP contribution in [-0.4, -0.2) is 42.8 Å². The third-order valence-electron chi connectivity index (χ3n) is 1.08. The predicted molar refractivity (Wildman–Crippen MR) is 57.0 cm³/mol. The molecule has 0 radical (unpaired) electrons. The maximum Gasteiger partial charge on any atom is 0.405 e. The fraction of sp³-hybridized carbons (Fsp3) is 0.667. The molecule has 2 amide bonds. The summed E-state index contributed by atoms with van der Waals surface area (Å²) >= 11 is 0. The van der Waals surface area contributed by atoms with Crippen LogP contribution in [0.15, 0.2) is 0 Å². The standard InChI is InChI=1S/C7H12N2O5.C2H6/c1-5(10)3-14-4-9-6(11)2-8-7(12)13;1-2/h8H,2-4H2,1H3,(H,9,11)(H,12,13);1-2H3. The monoisotopic (exact) mass is 234 g/mol. The van der Waals surface area contributed by atoms with Crippen molar-refractivity contribution in [1.29, 1.82) is 0 Å². The Kier molecular flexibility index (Phi) is 12.0. The molecule has 7 nitrogen and oxygen atoms in total. The van der Waals surface area contributed by atoms with Crippen molar-refractivity contribution in [2.24, 2.45) is 0 Å². The molecular formula is C9H18N2O5. The Morgan fingerprint density at radius 3 is 2.19 bits per heavy atom. The van der Waals surface area contributed by atoms with Gasteiger partial charge in [-0.2, -0.15) is 0 Å². The highest BCUT2D eigenvalue weighted by Gasteiger charge is 2.02. The Morgan fingerprint density at radius 2 is 1.75 bits per heavy atom. The molecule has 94 valence electrons. The number of amides is 2. The molecule has 0 aliphatic heterocycles. The molecule has 0 atom stereocenters. The first kappa shape index (κ1) is 16.8. The van der Waals surface area contributed by atoms with Crippen molar-refractivity contribution in [3.8, 4) is 0 Å². The zero-order valence-corrected chi connectivity index (χ0v) is 9.70. The highest BCUT2D eigenvalue weighted by molar-refractivity contribution is 5.81. The highest BCUT2D eigenvalue weighted by Crippen LogP contribution is 1.74. The normalized spacial score (nSPS) is 8.44. The largest absolute Gasteiger partial charge is 0.465 e. The number of carbonyl (C=O) groups is 3. The van der Waals surface area contributed by atoms with Gasteiger partial charge in [-0.15, -0.1) is 0 Å². The smallest absolute Gasteiger partial charge is 0.405 e. The van der Waals surface area contributed by atoms with E-state index in [0.29, 0.717) is 0 Å². The van der Waals surface area contributed by atoms with Crippen molar-refractivity contribution in [2.45, 2.75) is 20.8 Å². The summed E-state index contributed by atoms with van der Waals surface area (Å²) in [6.07, 6.45) is -1.27. The van der Waals surface area contributed by atoms with E-state index in [1.807, 2.05) is 19.2 Å². The quantitative estimate of drug-likeness (QED) is 0.442. The maximum absolute atomic E-state index is 10.8. The first-order valence-corrected chi connectivity index (χ1v) is 4.83. The first-order chi connectivity index (χ1) is 7.52. The average molecular weight is 234 g/mol. The highest BCUT2D eigenvalue weighted by atomic mass is 16.5. The molecule has 0 spiro atoms. The SMILES string of the molecule is CC.CC(=O)COCNC(=O)CNC(=O)O. The molecule has 0 heterocycles.